The summed E-state index contributed by atoms with van der Waals surface area (Å²) in [6.45, 7) is 3.79. The van der Waals surface area contributed by atoms with E-state index in [0.29, 0.717) is 12.4 Å². The molecule has 7 heteroatoms. The summed E-state index contributed by atoms with van der Waals surface area (Å²) in [5, 5.41) is 1.05. The van der Waals surface area contributed by atoms with Crippen molar-refractivity contribution in [2.45, 2.75) is 0 Å². The van der Waals surface area contributed by atoms with Gasteiger partial charge in [0.25, 0.3) is 0 Å². The molecule has 144 valence electrons. The minimum Gasteiger partial charge on any atom is -0.353 e. The summed E-state index contributed by atoms with van der Waals surface area (Å²) in [7, 11) is 3.59. The summed E-state index contributed by atoms with van der Waals surface area (Å²) in [5.41, 5.74) is 1.83. The number of hydrogen-bond acceptors (Lipinski definition) is 6. The van der Waals surface area contributed by atoms with Gasteiger partial charge in [-0.3, -0.25) is 14.7 Å². The van der Waals surface area contributed by atoms with Crippen LogP contribution in [-0.2, 0) is 4.79 Å². The van der Waals surface area contributed by atoms with Crippen molar-refractivity contribution in [2.75, 3.05) is 51.7 Å². The lowest BCUT2D eigenvalue weighted by atomic mass is 10.2. The van der Waals surface area contributed by atoms with E-state index in [1.807, 2.05) is 30.3 Å². The Balaban J connectivity index is 1.61. The SMILES string of the molecule is CN(C)C(=O)CN1CCN(c2nc(-c3cccnc3)nc3ccccc23)CC1. The molecule has 0 saturated carbocycles. The molecule has 7 nitrogen and oxygen atoms in total. The zero-order valence-electron chi connectivity index (χ0n) is 16.2. The minimum absolute atomic E-state index is 0.139. The molecular weight excluding hydrogens is 352 g/mol. The number of pyridine rings is 1. The van der Waals surface area contributed by atoms with Gasteiger partial charge in [-0.15, -0.1) is 0 Å². The average molecular weight is 376 g/mol. The Morgan fingerprint density at radius 2 is 1.82 bits per heavy atom. The monoisotopic (exact) mass is 376 g/mol. The molecule has 1 aromatic carbocycles. The van der Waals surface area contributed by atoms with Crippen molar-refractivity contribution in [1.82, 2.24) is 24.8 Å². The summed E-state index contributed by atoms with van der Waals surface area (Å²) in [4.78, 5) is 31.9. The van der Waals surface area contributed by atoms with Gasteiger partial charge in [0.1, 0.15) is 5.82 Å². The van der Waals surface area contributed by atoms with Gasteiger partial charge < -0.3 is 9.80 Å². The topological polar surface area (TPSA) is 65.5 Å². The van der Waals surface area contributed by atoms with Crippen molar-refractivity contribution in [3.63, 3.8) is 0 Å². The Morgan fingerprint density at radius 1 is 1.04 bits per heavy atom. The maximum atomic E-state index is 12.0. The number of carbonyl (C=O) groups excluding carboxylic acids is 1. The van der Waals surface area contributed by atoms with Crippen molar-refractivity contribution >= 4 is 22.6 Å². The van der Waals surface area contributed by atoms with Crippen molar-refractivity contribution in [2.24, 2.45) is 0 Å². The second kappa shape index (κ2) is 7.90. The van der Waals surface area contributed by atoms with Crippen LogP contribution in [0.15, 0.2) is 48.8 Å². The first-order valence-electron chi connectivity index (χ1n) is 9.46. The van der Waals surface area contributed by atoms with Gasteiger partial charge >= 0.3 is 0 Å². The highest BCUT2D eigenvalue weighted by Gasteiger charge is 2.22. The van der Waals surface area contributed by atoms with Crippen LogP contribution in [-0.4, -0.2) is 77.5 Å². The summed E-state index contributed by atoms with van der Waals surface area (Å²) >= 11 is 0. The molecule has 3 aromatic rings. The van der Waals surface area contributed by atoms with Gasteiger partial charge in [-0.05, 0) is 24.3 Å². The van der Waals surface area contributed by atoms with E-state index in [1.54, 1.807) is 31.4 Å². The third-order valence-corrected chi connectivity index (χ3v) is 5.03. The lowest BCUT2D eigenvalue weighted by molar-refractivity contribution is -0.129. The maximum absolute atomic E-state index is 12.0. The molecule has 1 aliphatic rings. The number of benzene rings is 1. The molecule has 1 amide bonds. The van der Waals surface area contributed by atoms with E-state index in [-0.39, 0.29) is 5.91 Å². The van der Waals surface area contributed by atoms with Gasteiger partial charge in [-0.2, -0.15) is 0 Å². The number of carbonyl (C=O) groups is 1. The Morgan fingerprint density at radius 3 is 2.54 bits per heavy atom. The molecule has 4 rings (SSSR count). The van der Waals surface area contributed by atoms with Crippen molar-refractivity contribution in [3.8, 4) is 11.4 Å². The molecular formula is C21H24N6O. The lowest BCUT2D eigenvalue weighted by Gasteiger charge is -2.35. The number of piperazine rings is 1. The highest BCUT2D eigenvalue weighted by molar-refractivity contribution is 5.91. The highest BCUT2D eigenvalue weighted by Crippen LogP contribution is 2.28. The van der Waals surface area contributed by atoms with Crippen LogP contribution < -0.4 is 4.90 Å². The number of anilines is 1. The van der Waals surface area contributed by atoms with Crippen LogP contribution >= 0.6 is 0 Å². The number of para-hydroxylation sites is 1. The zero-order valence-corrected chi connectivity index (χ0v) is 16.2. The van der Waals surface area contributed by atoms with Crippen LogP contribution in [0, 0.1) is 0 Å². The van der Waals surface area contributed by atoms with Gasteiger partial charge in [0.05, 0.1) is 12.1 Å². The molecule has 1 fully saturated rings. The number of nitrogens with zero attached hydrogens (tertiary/aromatic N) is 6. The maximum Gasteiger partial charge on any atom is 0.236 e. The van der Waals surface area contributed by atoms with Gasteiger partial charge in [0, 0.05) is 63.6 Å². The first-order valence-corrected chi connectivity index (χ1v) is 9.46. The molecule has 0 aliphatic carbocycles. The third-order valence-electron chi connectivity index (χ3n) is 5.03. The number of amides is 1. The minimum atomic E-state index is 0.139. The van der Waals surface area contributed by atoms with Crippen LogP contribution in [0.1, 0.15) is 0 Å². The molecule has 0 spiro atoms. The average Bonchev–Trinajstić information content (AvgIpc) is 2.74. The fraction of sp³-hybridized carbons (Fsp3) is 0.333. The molecule has 0 radical (unpaired) electrons. The Bertz CT molecular complexity index is 967. The van der Waals surface area contributed by atoms with Gasteiger partial charge in [0.2, 0.25) is 5.91 Å². The van der Waals surface area contributed by atoms with Crippen molar-refractivity contribution < 1.29 is 4.79 Å². The number of hydrogen-bond donors (Lipinski definition) is 0. The van der Waals surface area contributed by atoms with E-state index < -0.39 is 0 Å². The predicted molar refractivity (Wildman–Crippen MR) is 110 cm³/mol. The van der Waals surface area contributed by atoms with E-state index in [1.165, 1.54) is 0 Å². The first-order chi connectivity index (χ1) is 13.6. The lowest BCUT2D eigenvalue weighted by Crippen LogP contribution is -2.49. The first kappa shape index (κ1) is 18.3. The normalized spacial score (nSPS) is 15.0. The Kier molecular flexibility index (Phi) is 5.16. The molecule has 0 N–H and O–H groups in total. The van der Waals surface area contributed by atoms with E-state index in [4.69, 9.17) is 9.97 Å². The largest absolute Gasteiger partial charge is 0.353 e. The Hall–Kier alpha value is -3.06. The second-order valence-electron chi connectivity index (χ2n) is 7.18. The molecule has 3 heterocycles. The van der Waals surface area contributed by atoms with E-state index in [2.05, 4.69) is 20.9 Å². The molecule has 28 heavy (non-hydrogen) atoms. The van der Waals surface area contributed by atoms with Crippen molar-refractivity contribution in [3.05, 3.63) is 48.8 Å². The number of fused-ring (bicyclic) bond motifs is 1. The predicted octanol–water partition coefficient (Wildman–Crippen LogP) is 1.90. The molecule has 1 saturated heterocycles. The quantitative estimate of drug-likeness (QED) is 0.693. The van der Waals surface area contributed by atoms with Crippen LogP contribution in [0.3, 0.4) is 0 Å². The van der Waals surface area contributed by atoms with Gasteiger partial charge in [-0.25, -0.2) is 9.97 Å². The summed E-state index contributed by atoms with van der Waals surface area (Å²) in [6.07, 6.45) is 3.54. The Labute approximate surface area is 164 Å². The van der Waals surface area contributed by atoms with E-state index >= 15 is 0 Å². The highest BCUT2D eigenvalue weighted by atomic mass is 16.2. The zero-order chi connectivity index (χ0) is 19.5. The smallest absolute Gasteiger partial charge is 0.236 e. The van der Waals surface area contributed by atoms with Gasteiger partial charge in [-0.1, -0.05) is 12.1 Å². The molecule has 0 bridgehead atoms. The van der Waals surface area contributed by atoms with Crippen LogP contribution in [0.25, 0.3) is 22.3 Å². The number of likely N-dealkylation sites (N-methyl/N-ethyl adjacent to an activating group) is 1. The van der Waals surface area contributed by atoms with Crippen LogP contribution in [0.2, 0.25) is 0 Å². The summed E-state index contributed by atoms with van der Waals surface area (Å²) in [5.74, 6) is 1.77. The van der Waals surface area contributed by atoms with Crippen LogP contribution in [0.4, 0.5) is 5.82 Å². The van der Waals surface area contributed by atoms with Crippen LogP contribution in [0.5, 0.6) is 0 Å². The molecule has 0 unspecified atom stereocenters. The second-order valence-corrected chi connectivity index (χ2v) is 7.18. The molecule has 1 aliphatic heterocycles. The van der Waals surface area contributed by atoms with Gasteiger partial charge in [0.15, 0.2) is 5.82 Å². The van der Waals surface area contributed by atoms with E-state index in [9.17, 15) is 4.79 Å². The fourth-order valence-corrected chi connectivity index (χ4v) is 3.38. The third kappa shape index (κ3) is 3.80. The molecule has 2 aromatic heterocycles. The molecule has 0 atom stereocenters. The fourth-order valence-electron chi connectivity index (χ4n) is 3.38. The number of aromatic nitrogens is 3. The standard InChI is InChI=1S/C21H24N6O/c1-25(2)19(28)15-26-10-12-27(13-11-26)21-17-7-3-4-8-18(17)23-20(24-21)16-6-5-9-22-14-16/h3-9,14H,10-13,15H2,1-2H3. The summed E-state index contributed by atoms with van der Waals surface area (Å²) < 4.78 is 0. The van der Waals surface area contributed by atoms with Crippen molar-refractivity contribution in [1.29, 1.82) is 0 Å². The number of rotatable bonds is 4. The summed E-state index contributed by atoms with van der Waals surface area (Å²) in [6, 6.07) is 12.0. The van der Waals surface area contributed by atoms with E-state index in [0.717, 1.165) is 48.5 Å².